The van der Waals surface area contributed by atoms with Crippen molar-refractivity contribution in [3.8, 4) is 0 Å². The van der Waals surface area contributed by atoms with E-state index in [-0.39, 0.29) is 11.3 Å². The van der Waals surface area contributed by atoms with Crippen molar-refractivity contribution in [3.05, 3.63) is 48.4 Å². The fourth-order valence-electron chi connectivity index (χ4n) is 1.37. The lowest BCUT2D eigenvalue weighted by Gasteiger charge is -2.06. The van der Waals surface area contributed by atoms with Gasteiger partial charge in [-0.2, -0.15) is 8.42 Å². The molecule has 1 N–H and O–H groups in total. The molecule has 0 bridgehead atoms. The highest BCUT2D eigenvalue weighted by molar-refractivity contribution is 7.86. The first kappa shape index (κ1) is 12.3. The zero-order valence-corrected chi connectivity index (χ0v) is 9.78. The quantitative estimate of drug-likeness (QED) is 0.866. The van der Waals surface area contributed by atoms with Crippen LogP contribution in [-0.2, 0) is 10.2 Å². The predicted octanol–water partition coefficient (Wildman–Crippen LogP) is 2.19. The largest absolute Gasteiger partial charge is 0.472 e. The van der Waals surface area contributed by atoms with Gasteiger partial charge in [-0.05, 0) is 18.2 Å². The fourth-order valence-corrected chi connectivity index (χ4v) is 1.99. The average Bonchev–Trinajstić information content (AvgIpc) is 2.81. The van der Waals surface area contributed by atoms with Crippen LogP contribution in [0, 0.1) is 0 Å². The van der Waals surface area contributed by atoms with Crippen molar-refractivity contribution >= 4 is 21.8 Å². The average molecular weight is 269 g/mol. The number of benzene rings is 1. The monoisotopic (exact) mass is 269 g/mol. The van der Waals surface area contributed by atoms with Crippen LogP contribution in [0.1, 0.15) is 10.4 Å². The van der Waals surface area contributed by atoms with Gasteiger partial charge in [0.1, 0.15) is 11.2 Å². The van der Waals surface area contributed by atoms with Gasteiger partial charge in [0.15, 0.2) is 0 Å². The van der Waals surface area contributed by atoms with Crippen molar-refractivity contribution in [3.63, 3.8) is 0 Å². The first-order valence-corrected chi connectivity index (χ1v) is 6.24. The maximum Gasteiger partial charge on any atom is 0.334 e. The molecule has 0 saturated heterocycles. The number of anilines is 1. The number of furan rings is 1. The molecule has 0 aliphatic carbocycles. The number of amides is 1. The summed E-state index contributed by atoms with van der Waals surface area (Å²) >= 11 is 0. The molecule has 1 amide bonds. The third-order valence-corrected chi connectivity index (χ3v) is 3.06. The third kappa shape index (κ3) is 2.57. The second-order valence-corrected chi connectivity index (χ2v) is 4.72. The number of nitrogens with one attached hydrogen (secondary N) is 1. The van der Waals surface area contributed by atoms with Gasteiger partial charge in [-0.1, -0.05) is 12.1 Å². The number of hydrogen-bond acceptors (Lipinski definition) is 4. The van der Waals surface area contributed by atoms with E-state index in [4.69, 9.17) is 4.42 Å². The Balaban J connectivity index is 2.33. The summed E-state index contributed by atoms with van der Waals surface area (Å²) in [4.78, 5) is 11.1. The zero-order valence-electron chi connectivity index (χ0n) is 8.96. The first-order valence-electron chi connectivity index (χ1n) is 4.86. The molecule has 5 nitrogen and oxygen atoms in total. The van der Waals surface area contributed by atoms with Gasteiger partial charge in [0.25, 0.3) is 5.91 Å². The molecule has 0 unspecified atom stereocenters. The van der Waals surface area contributed by atoms with Crippen LogP contribution >= 0.6 is 0 Å². The summed E-state index contributed by atoms with van der Waals surface area (Å²) in [6, 6.07) is 6.62. The van der Waals surface area contributed by atoms with Gasteiger partial charge >= 0.3 is 10.2 Å². The van der Waals surface area contributed by atoms with Crippen LogP contribution in [0.15, 0.2) is 52.2 Å². The minimum Gasteiger partial charge on any atom is -0.472 e. The van der Waals surface area contributed by atoms with Gasteiger partial charge in [0, 0.05) is 0 Å². The smallest absolute Gasteiger partial charge is 0.334 e. The Morgan fingerprint density at radius 3 is 2.56 bits per heavy atom. The molecule has 0 radical (unpaired) electrons. The fraction of sp³-hybridized carbons (Fsp3) is 0. The highest BCUT2D eigenvalue weighted by Gasteiger charge is 2.18. The molecule has 1 heterocycles. The van der Waals surface area contributed by atoms with Crippen LogP contribution in [0.2, 0.25) is 0 Å². The summed E-state index contributed by atoms with van der Waals surface area (Å²) in [6.45, 7) is 0. The third-order valence-electron chi connectivity index (χ3n) is 2.18. The Labute approximate surface area is 102 Å². The lowest BCUT2D eigenvalue weighted by atomic mass is 10.3. The van der Waals surface area contributed by atoms with Crippen molar-refractivity contribution in [2.24, 2.45) is 0 Å². The molecule has 2 rings (SSSR count). The van der Waals surface area contributed by atoms with Crippen LogP contribution in [0.3, 0.4) is 0 Å². The molecule has 1 aromatic carbocycles. The molecule has 0 aliphatic rings. The number of carbonyl (C=O) groups is 1. The summed E-state index contributed by atoms with van der Waals surface area (Å²) in [5.41, 5.74) is 0.0901. The Morgan fingerprint density at radius 2 is 1.94 bits per heavy atom. The van der Waals surface area contributed by atoms with Gasteiger partial charge in [-0.15, -0.1) is 3.89 Å². The first-order chi connectivity index (χ1) is 8.48. The lowest BCUT2D eigenvalue weighted by Crippen LogP contribution is -2.13. The molecule has 0 aliphatic heterocycles. The summed E-state index contributed by atoms with van der Waals surface area (Å²) in [5, 5.41) is 2.30. The number of rotatable bonds is 3. The Morgan fingerprint density at radius 1 is 1.22 bits per heavy atom. The maximum atomic E-state index is 13.0. The molecule has 2 aromatic rings. The molecule has 7 heteroatoms. The molecule has 1 aromatic heterocycles. The van der Waals surface area contributed by atoms with Crippen LogP contribution in [-0.4, -0.2) is 14.3 Å². The number of halogens is 1. The Hall–Kier alpha value is -2.15. The molecular weight excluding hydrogens is 261 g/mol. The van der Waals surface area contributed by atoms with Gasteiger partial charge in [-0.3, -0.25) is 4.79 Å². The van der Waals surface area contributed by atoms with E-state index in [9.17, 15) is 17.1 Å². The van der Waals surface area contributed by atoms with Crippen LogP contribution in [0.4, 0.5) is 9.57 Å². The van der Waals surface area contributed by atoms with E-state index in [1.165, 1.54) is 36.8 Å². The normalized spacial score (nSPS) is 11.2. The van der Waals surface area contributed by atoms with Gasteiger partial charge in [0.2, 0.25) is 0 Å². The number of carbonyl (C=O) groups excluding carboxylic acids is 1. The van der Waals surface area contributed by atoms with Gasteiger partial charge in [-0.25, -0.2) is 0 Å². The highest BCUT2D eigenvalue weighted by atomic mass is 32.3. The van der Waals surface area contributed by atoms with Crippen LogP contribution < -0.4 is 5.32 Å². The van der Waals surface area contributed by atoms with Crippen molar-refractivity contribution in [1.82, 2.24) is 0 Å². The molecule has 0 atom stereocenters. The van der Waals surface area contributed by atoms with E-state index in [1.807, 2.05) is 0 Å². The van der Waals surface area contributed by atoms with Crippen molar-refractivity contribution in [1.29, 1.82) is 0 Å². The van der Waals surface area contributed by atoms with E-state index >= 15 is 0 Å². The highest BCUT2D eigenvalue weighted by Crippen LogP contribution is 2.23. The minimum atomic E-state index is -4.89. The second kappa shape index (κ2) is 4.61. The summed E-state index contributed by atoms with van der Waals surface area (Å²) in [6.07, 6.45) is 2.49. The predicted molar refractivity (Wildman–Crippen MR) is 61.4 cm³/mol. The number of hydrogen-bond donors (Lipinski definition) is 1. The minimum absolute atomic E-state index is 0.119. The van der Waals surface area contributed by atoms with E-state index in [0.29, 0.717) is 0 Å². The van der Waals surface area contributed by atoms with Gasteiger partial charge in [0.05, 0.1) is 17.5 Å². The van der Waals surface area contributed by atoms with E-state index in [1.54, 1.807) is 0 Å². The van der Waals surface area contributed by atoms with Gasteiger partial charge < -0.3 is 9.73 Å². The molecular formula is C11H8FNO4S. The lowest BCUT2D eigenvalue weighted by molar-refractivity contribution is 0.102. The van der Waals surface area contributed by atoms with Crippen molar-refractivity contribution in [2.75, 3.05) is 5.32 Å². The Bertz CT molecular complexity index is 664. The second-order valence-electron chi connectivity index (χ2n) is 3.40. The summed E-state index contributed by atoms with van der Waals surface area (Å²) in [5.74, 6) is -0.583. The molecule has 0 spiro atoms. The van der Waals surface area contributed by atoms with E-state index in [0.717, 1.165) is 6.07 Å². The van der Waals surface area contributed by atoms with Crippen LogP contribution in [0.25, 0.3) is 0 Å². The van der Waals surface area contributed by atoms with E-state index < -0.39 is 21.0 Å². The van der Waals surface area contributed by atoms with Crippen molar-refractivity contribution < 1.29 is 21.5 Å². The molecule has 0 fully saturated rings. The summed E-state index contributed by atoms with van der Waals surface area (Å²) < 4.78 is 39.5. The summed E-state index contributed by atoms with van der Waals surface area (Å²) in [7, 11) is -4.89. The number of para-hydroxylation sites is 1. The maximum absolute atomic E-state index is 13.0. The van der Waals surface area contributed by atoms with E-state index in [2.05, 4.69) is 5.32 Å². The molecule has 18 heavy (non-hydrogen) atoms. The molecule has 0 saturated carbocycles. The van der Waals surface area contributed by atoms with Crippen molar-refractivity contribution in [2.45, 2.75) is 4.90 Å². The topological polar surface area (TPSA) is 76.4 Å². The van der Waals surface area contributed by atoms with Crippen LogP contribution in [0.5, 0.6) is 0 Å². The SMILES string of the molecule is O=C(Nc1ccccc1S(=O)(=O)F)c1ccoc1. The Kier molecular flexibility index (Phi) is 3.15. The zero-order chi connectivity index (χ0) is 13.2. The molecule has 94 valence electrons. The standard InChI is InChI=1S/C11H8FNO4S/c12-18(15,16)10-4-2-1-3-9(10)13-11(14)8-5-6-17-7-8/h1-7H,(H,13,14).